The van der Waals surface area contributed by atoms with Crippen LogP contribution in [0.25, 0.3) is 22.7 Å². The van der Waals surface area contributed by atoms with Gasteiger partial charge in [0.2, 0.25) is 5.89 Å². The van der Waals surface area contributed by atoms with E-state index in [0.717, 1.165) is 0 Å². The van der Waals surface area contributed by atoms with E-state index in [4.69, 9.17) is 4.42 Å². The Hall–Kier alpha value is -2.95. The molecule has 1 aromatic heterocycles. The summed E-state index contributed by atoms with van der Waals surface area (Å²) < 4.78 is 18.8. The van der Waals surface area contributed by atoms with E-state index < -0.39 is 11.8 Å². The Bertz CT molecular complexity index is 834. The van der Waals surface area contributed by atoms with Gasteiger partial charge < -0.3 is 14.3 Å². The molecule has 4 nitrogen and oxygen atoms in total. The molecule has 110 valence electrons. The van der Waals surface area contributed by atoms with Gasteiger partial charge in [-0.2, -0.15) is 0 Å². The molecule has 0 N–H and O–H groups in total. The van der Waals surface area contributed by atoms with Crippen molar-refractivity contribution in [1.29, 1.82) is 0 Å². The second-order valence-corrected chi connectivity index (χ2v) is 4.76. The molecule has 3 aromatic rings. The van der Waals surface area contributed by atoms with Crippen LogP contribution in [-0.4, -0.2) is 11.0 Å². The van der Waals surface area contributed by atoms with Crippen molar-refractivity contribution in [3.8, 4) is 0 Å². The SMILES string of the molecule is O=C([O-])C/C(=C\c1cccc(F)c1)c1nc2ccccc2o1. The van der Waals surface area contributed by atoms with Crippen molar-refractivity contribution in [2.45, 2.75) is 6.42 Å². The molecule has 5 heteroatoms. The van der Waals surface area contributed by atoms with Gasteiger partial charge in [-0.05, 0) is 35.9 Å². The second kappa shape index (κ2) is 5.81. The zero-order valence-electron chi connectivity index (χ0n) is 11.5. The molecule has 0 unspecified atom stereocenters. The number of oxazole rings is 1. The van der Waals surface area contributed by atoms with Crippen molar-refractivity contribution in [3.05, 3.63) is 65.8 Å². The quantitative estimate of drug-likeness (QED) is 0.742. The molecule has 2 aromatic carbocycles. The van der Waals surface area contributed by atoms with Crippen LogP contribution in [0.3, 0.4) is 0 Å². The van der Waals surface area contributed by atoms with Crippen LogP contribution < -0.4 is 5.11 Å². The molecule has 0 aliphatic rings. The predicted octanol–water partition coefficient (Wildman–Crippen LogP) is 2.65. The number of aliphatic carboxylic acids is 1. The van der Waals surface area contributed by atoms with Crippen molar-refractivity contribution in [1.82, 2.24) is 4.98 Å². The molecule has 0 bridgehead atoms. The normalized spacial score (nSPS) is 11.8. The summed E-state index contributed by atoms with van der Waals surface area (Å²) in [5.41, 5.74) is 2.03. The van der Waals surface area contributed by atoms with Crippen molar-refractivity contribution < 1.29 is 18.7 Å². The molecule has 0 saturated carbocycles. The third kappa shape index (κ3) is 3.03. The molecule has 0 amide bonds. The fraction of sp³-hybridized carbons (Fsp3) is 0.0588. The van der Waals surface area contributed by atoms with E-state index in [1.165, 1.54) is 18.2 Å². The van der Waals surface area contributed by atoms with E-state index in [1.807, 2.05) is 6.07 Å². The summed E-state index contributed by atoms with van der Waals surface area (Å²) in [7, 11) is 0. The Kier molecular flexibility index (Phi) is 3.70. The number of carbonyl (C=O) groups is 1. The van der Waals surface area contributed by atoms with Gasteiger partial charge in [0.1, 0.15) is 11.3 Å². The minimum Gasteiger partial charge on any atom is -0.550 e. The maximum Gasteiger partial charge on any atom is 0.223 e. The van der Waals surface area contributed by atoms with E-state index in [-0.39, 0.29) is 12.3 Å². The first kappa shape index (κ1) is 14.0. The van der Waals surface area contributed by atoms with E-state index in [0.29, 0.717) is 22.2 Å². The van der Waals surface area contributed by atoms with Crippen LogP contribution in [0.5, 0.6) is 0 Å². The number of carboxylic acid groups (broad SMARTS) is 1. The third-order valence-electron chi connectivity index (χ3n) is 3.09. The highest BCUT2D eigenvalue weighted by Crippen LogP contribution is 2.25. The van der Waals surface area contributed by atoms with E-state index in [2.05, 4.69) is 4.98 Å². The van der Waals surface area contributed by atoms with Crippen molar-refractivity contribution >= 4 is 28.7 Å². The van der Waals surface area contributed by atoms with Gasteiger partial charge in [-0.15, -0.1) is 0 Å². The lowest BCUT2D eigenvalue weighted by Crippen LogP contribution is -2.22. The molecule has 0 atom stereocenters. The molecule has 0 saturated heterocycles. The molecular formula is C17H11FNO3-. The van der Waals surface area contributed by atoms with Gasteiger partial charge in [0.15, 0.2) is 5.58 Å². The van der Waals surface area contributed by atoms with Gasteiger partial charge in [-0.1, -0.05) is 24.3 Å². The van der Waals surface area contributed by atoms with E-state index in [1.54, 1.807) is 30.3 Å². The topological polar surface area (TPSA) is 66.2 Å². The third-order valence-corrected chi connectivity index (χ3v) is 3.09. The fourth-order valence-corrected chi connectivity index (χ4v) is 2.15. The first-order chi connectivity index (χ1) is 10.6. The van der Waals surface area contributed by atoms with E-state index >= 15 is 0 Å². The second-order valence-electron chi connectivity index (χ2n) is 4.76. The summed E-state index contributed by atoms with van der Waals surface area (Å²) in [6.45, 7) is 0. The highest BCUT2D eigenvalue weighted by atomic mass is 19.1. The number of benzene rings is 2. The van der Waals surface area contributed by atoms with Gasteiger partial charge in [-0.25, -0.2) is 9.37 Å². The van der Waals surface area contributed by atoms with E-state index in [9.17, 15) is 14.3 Å². The molecule has 3 rings (SSSR count). The molecular weight excluding hydrogens is 285 g/mol. The van der Waals surface area contributed by atoms with Gasteiger partial charge >= 0.3 is 0 Å². The zero-order chi connectivity index (χ0) is 15.5. The van der Waals surface area contributed by atoms with Crippen LogP contribution in [-0.2, 0) is 4.79 Å². The van der Waals surface area contributed by atoms with Crippen LogP contribution >= 0.6 is 0 Å². The number of carboxylic acids is 1. The zero-order valence-corrected chi connectivity index (χ0v) is 11.5. The number of rotatable bonds is 4. The largest absolute Gasteiger partial charge is 0.550 e. The minimum atomic E-state index is -1.26. The summed E-state index contributed by atoms with van der Waals surface area (Å²) in [6, 6.07) is 12.9. The highest BCUT2D eigenvalue weighted by Gasteiger charge is 2.11. The summed E-state index contributed by atoms with van der Waals surface area (Å²) in [5, 5.41) is 11.0. The Labute approximate surface area is 125 Å². The minimum absolute atomic E-state index is 0.190. The Morgan fingerprint density at radius 3 is 2.77 bits per heavy atom. The standard InChI is InChI=1S/C17H12FNO3/c18-13-5-3-4-11(9-13)8-12(10-16(20)21)17-19-14-6-1-2-7-15(14)22-17/h1-9H,10H2,(H,20,21)/p-1/b12-8+. The van der Waals surface area contributed by atoms with Crippen LogP contribution in [0.1, 0.15) is 17.9 Å². The molecule has 0 spiro atoms. The number of aromatic nitrogens is 1. The smallest absolute Gasteiger partial charge is 0.223 e. The van der Waals surface area contributed by atoms with Crippen molar-refractivity contribution in [3.63, 3.8) is 0 Å². The number of para-hydroxylation sites is 2. The lowest BCUT2D eigenvalue weighted by Gasteiger charge is -2.05. The van der Waals surface area contributed by atoms with Crippen LogP contribution in [0, 0.1) is 5.82 Å². The van der Waals surface area contributed by atoms with Crippen LogP contribution in [0.15, 0.2) is 52.9 Å². The Morgan fingerprint density at radius 2 is 2.05 bits per heavy atom. The molecule has 0 fully saturated rings. The molecule has 0 aliphatic heterocycles. The summed E-state index contributed by atoms with van der Waals surface area (Å²) in [4.78, 5) is 15.2. The van der Waals surface area contributed by atoms with Crippen LogP contribution in [0.4, 0.5) is 4.39 Å². The predicted molar refractivity (Wildman–Crippen MR) is 77.9 cm³/mol. The molecule has 0 aliphatic carbocycles. The van der Waals surface area contributed by atoms with Gasteiger partial charge in [0.25, 0.3) is 0 Å². The first-order valence-corrected chi connectivity index (χ1v) is 6.64. The number of halogens is 1. The number of hydrogen-bond acceptors (Lipinski definition) is 4. The lowest BCUT2D eigenvalue weighted by molar-refractivity contribution is -0.304. The maximum absolute atomic E-state index is 13.3. The van der Waals surface area contributed by atoms with Crippen molar-refractivity contribution in [2.24, 2.45) is 0 Å². The lowest BCUT2D eigenvalue weighted by atomic mass is 10.1. The first-order valence-electron chi connectivity index (χ1n) is 6.64. The Morgan fingerprint density at radius 1 is 1.23 bits per heavy atom. The summed E-state index contributed by atoms with van der Waals surface area (Å²) >= 11 is 0. The molecule has 22 heavy (non-hydrogen) atoms. The number of nitrogens with zero attached hydrogens (tertiary/aromatic N) is 1. The molecule has 1 heterocycles. The number of hydrogen-bond donors (Lipinski definition) is 0. The monoisotopic (exact) mass is 296 g/mol. The fourth-order valence-electron chi connectivity index (χ4n) is 2.15. The van der Waals surface area contributed by atoms with Gasteiger partial charge in [0.05, 0.1) is 0 Å². The molecule has 0 radical (unpaired) electrons. The van der Waals surface area contributed by atoms with Crippen LogP contribution in [0.2, 0.25) is 0 Å². The number of carbonyl (C=O) groups excluding carboxylic acids is 1. The van der Waals surface area contributed by atoms with Gasteiger partial charge in [-0.3, -0.25) is 0 Å². The van der Waals surface area contributed by atoms with Gasteiger partial charge in [0, 0.05) is 18.0 Å². The maximum atomic E-state index is 13.3. The average Bonchev–Trinajstić information content (AvgIpc) is 2.90. The summed E-state index contributed by atoms with van der Waals surface area (Å²) in [5.74, 6) is -1.47. The highest BCUT2D eigenvalue weighted by molar-refractivity contribution is 5.90. The Balaban J connectivity index is 2.07. The average molecular weight is 296 g/mol. The number of fused-ring (bicyclic) bond motifs is 1. The summed E-state index contributed by atoms with van der Waals surface area (Å²) in [6.07, 6.45) is 1.16. The van der Waals surface area contributed by atoms with Crippen molar-refractivity contribution in [2.75, 3.05) is 0 Å².